The number of amides is 2. The lowest BCUT2D eigenvalue weighted by Gasteiger charge is -2.12. The highest BCUT2D eigenvalue weighted by atomic mass is 16.5. The van der Waals surface area contributed by atoms with Gasteiger partial charge in [0.25, 0.3) is 5.91 Å². The third-order valence-corrected chi connectivity index (χ3v) is 4.32. The molecule has 2 amide bonds. The van der Waals surface area contributed by atoms with E-state index in [-0.39, 0.29) is 18.4 Å². The zero-order chi connectivity index (χ0) is 22.1. The molecule has 0 radical (unpaired) electrons. The number of hydrogen-bond donors (Lipinski definition) is 2. The summed E-state index contributed by atoms with van der Waals surface area (Å²) in [6.45, 7) is 4.90. The maximum atomic E-state index is 12.4. The molecule has 0 unspecified atom stereocenters. The van der Waals surface area contributed by atoms with Gasteiger partial charge in [-0.2, -0.15) is 5.10 Å². The molecule has 0 fully saturated rings. The molecule has 0 saturated carbocycles. The van der Waals surface area contributed by atoms with E-state index in [2.05, 4.69) is 20.7 Å². The van der Waals surface area contributed by atoms with E-state index in [0.29, 0.717) is 36.8 Å². The van der Waals surface area contributed by atoms with Crippen LogP contribution in [0.5, 0.6) is 11.5 Å². The topological polar surface area (TPSA) is 107 Å². The summed E-state index contributed by atoms with van der Waals surface area (Å²) in [5.74, 6) is 0.422. The number of ether oxygens (including phenoxy) is 2. The van der Waals surface area contributed by atoms with Gasteiger partial charge in [0.1, 0.15) is 12.7 Å². The van der Waals surface area contributed by atoms with E-state index < -0.39 is 0 Å². The molecule has 162 valence electrons. The fraction of sp³-hybridized carbons (Fsp3) is 0.273. The van der Waals surface area contributed by atoms with E-state index in [1.807, 2.05) is 38.1 Å². The number of nitrogens with zero attached hydrogens (tertiary/aromatic N) is 3. The maximum absolute atomic E-state index is 12.4. The van der Waals surface area contributed by atoms with Gasteiger partial charge in [-0.3, -0.25) is 9.59 Å². The Morgan fingerprint density at radius 2 is 1.71 bits per heavy atom. The first kappa shape index (κ1) is 21.8. The van der Waals surface area contributed by atoms with Crippen LogP contribution in [0.1, 0.15) is 29.8 Å². The van der Waals surface area contributed by atoms with Gasteiger partial charge >= 0.3 is 0 Å². The van der Waals surface area contributed by atoms with Crippen molar-refractivity contribution in [3.63, 3.8) is 0 Å². The van der Waals surface area contributed by atoms with Crippen molar-refractivity contribution in [2.45, 2.75) is 20.4 Å². The molecule has 0 aliphatic rings. The zero-order valence-corrected chi connectivity index (χ0v) is 17.5. The SMILES string of the molecule is CCOc1ccc(C(=O)NCC(=O)NCc2ccc(-n3cncn3)cc2)cc1OCC. The predicted octanol–water partition coefficient (Wildman–Crippen LogP) is 2.11. The molecular formula is C22H25N5O4. The molecule has 9 heteroatoms. The second-order valence-electron chi connectivity index (χ2n) is 6.49. The molecule has 1 aromatic heterocycles. The standard InChI is InChI=1S/C22H25N5O4/c1-3-30-19-10-7-17(11-20(19)31-4-2)22(29)25-13-21(28)24-12-16-5-8-18(9-6-16)27-15-23-14-26-27/h5-11,14-15H,3-4,12-13H2,1-2H3,(H,24,28)(H,25,29). The molecule has 31 heavy (non-hydrogen) atoms. The van der Waals surface area contributed by atoms with Crippen LogP contribution in [0.15, 0.2) is 55.1 Å². The van der Waals surface area contributed by atoms with Gasteiger partial charge in [-0.1, -0.05) is 12.1 Å². The van der Waals surface area contributed by atoms with Crippen LogP contribution in [0.2, 0.25) is 0 Å². The van der Waals surface area contributed by atoms with Crippen molar-refractivity contribution < 1.29 is 19.1 Å². The molecular weight excluding hydrogens is 398 g/mol. The van der Waals surface area contributed by atoms with Crippen LogP contribution in [0.4, 0.5) is 0 Å². The highest BCUT2D eigenvalue weighted by Gasteiger charge is 2.12. The van der Waals surface area contributed by atoms with Crippen LogP contribution in [-0.4, -0.2) is 46.3 Å². The molecule has 0 atom stereocenters. The molecule has 3 rings (SSSR count). The number of benzene rings is 2. The van der Waals surface area contributed by atoms with Crippen molar-refractivity contribution >= 4 is 11.8 Å². The number of carbonyl (C=O) groups is 2. The summed E-state index contributed by atoms with van der Waals surface area (Å²) in [5, 5.41) is 9.47. The van der Waals surface area contributed by atoms with Gasteiger partial charge in [0, 0.05) is 12.1 Å². The monoisotopic (exact) mass is 423 g/mol. The molecule has 1 heterocycles. The Hall–Kier alpha value is -3.88. The Bertz CT molecular complexity index is 1000. The molecule has 0 saturated heterocycles. The summed E-state index contributed by atoms with van der Waals surface area (Å²) in [5.41, 5.74) is 2.20. The lowest BCUT2D eigenvalue weighted by molar-refractivity contribution is -0.120. The highest BCUT2D eigenvalue weighted by molar-refractivity contribution is 5.97. The van der Waals surface area contributed by atoms with Crippen LogP contribution in [0, 0.1) is 0 Å². The second kappa shape index (κ2) is 10.8. The summed E-state index contributed by atoms with van der Waals surface area (Å²) in [7, 11) is 0. The molecule has 2 N–H and O–H groups in total. The van der Waals surface area contributed by atoms with E-state index >= 15 is 0 Å². The van der Waals surface area contributed by atoms with Crippen molar-refractivity contribution in [3.05, 3.63) is 66.2 Å². The van der Waals surface area contributed by atoms with E-state index in [1.54, 1.807) is 29.2 Å². The third-order valence-electron chi connectivity index (χ3n) is 4.32. The summed E-state index contributed by atoms with van der Waals surface area (Å²) in [4.78, 5) is 28.4. The van der Waals surface area contributed by atoms with Gasteiger partial charge in [-0.05, 0) is 49.7 Å². The Morgan fingerprint density at radius 3 is 2.39 bits per heavy atom. The van der Waals surface area contributed by atoms with Crippen molar-refractivity contribution in [2.75, 3.05) is 19.8 Å². The average molecular weight is 423 g/mol. The van der Waals surface area contributed by atoms with Crippen molar-refractivity contribution in [1.29, 1.82) is 0 Å². The molecule has 3 aromatic rings. The van der Waals surface area contributed by atoms with Gasteiger partial charge in [-0.15, -0.1) is 0 Å². The van der Waals surface area contributed by atoms with Crippen LogP contribution in [-0.2, 0) is 11.3 Å². The van der Waals surface area contributed by atoms with E-state index in [0.717, 1.165) is 11.3 Å². The van der Waals surface area contributed by atoms with Crippen LogP contribution >= 0.6 is 0 Å². The number of hydrogen-bond acceptors (Lipinski definition) is 6. The number of carbonyl (C=O) groups excluding carboxylic acids is 2. The van der Waals surface area contributed by atoms with E-state index in [4.69, 9.17) is 9.47 Å². The maximum Gasteiger partial charge on any atom is 0.251 e. The molecule has 0 spiro atoms. The quantitative estimate of drug-likeness (QED) is 0.517. The Balaban J connectivity index is 1.49. The highest BCUT2D eigenvalue weighted by Crippen LogP contribution is 2.28. The summed E-state index contributed by atoms with van der Waals surface area (Å²) in [6, 6.07) is 12.5. The molecule has 0 bridgehead atoms. The molecule has 2 aromatic carbocycles. The molecule has 0 aliphatic heterocycles. The Labute approximate surface area is 180 Å². The minimum absolute atomic E-state index is 0.132. The summed E-state index contributed by atoms with van der Waals surface area (Å²) >= 11 is 0. The third kappa shape index (κ3) is 6.05. The lowest BCUT2D eigenvalue weighted by atomic mass is 10.2. The largest absolute Gasteiger partial charge is 0.490 e. The van der Waals surface area contributed by atoms with E-state index in [9.17, 15) is 9.59 Å². The fourth-order valence-electron chi connectivity index (χ4n) is 2.83. The zero-order valence-electron chi connectivity index (χ0n) is 17.5. The van der Waals surface area contributed by atoms with Crippen molar-refractivity contribution in [3.8, 4) is 17.2 Å². The van der Waals surface area contributed by atoms with Crippen molar-refractivity contribution in [2.24, 2.45) is 0 Å². The van der Waals surface area contributed by atoms with E-state index in [1.165, 1.54) is 6.33 Å². The fourth-order valence-corrected chi connectivity index (χ4v) is 2.83. The van der Waals surface area contributed by atoms with Gasteiger partial charge in [-0.25, -0.2) is 9.67 Å². The molecule has 0 aliphatic carbocycles. The van der Waals surface area contributed by atoms with Crippen molar-refractivity contribution in [1.82, 2.24) is 25.4 Å². The van der Waals surface area contributed by atoms with Crippen LogP contribution < -0.4 is 20.1 Å². The van der Waals surface area contributed by atoms with Crippen LogP contribution in [0.3, 0.4) is 0 Å². The smallest absolute Gasteiger partial charge is 0.251 e. The minimum Gasteiger partial charge on any atom is -0.490 e. The Morgan fingerprint density at radius 1 is 0.968 bits per heavy atom. The number of rotatable bonds is 10. The first-order valence-electron chi connectivity index (χ1n) is 9.99. The molecule has 9 nitrogen and oxygen atoms in total. The Kier molecular flexibility index (Phi) is 7.58. The van der Waals surface area contributed by atoms with Gasteiger partial charge < -0.3 is 20.1 Å². The first-order valence-corrected chi connectivity index (χ1v) is 9.99. The van der Waals surface area contributed by atoms with Gasteiger partial charge in [0.15, 0.2) is 11.5 Å². The first-order chi connectivity index (χ1) is 15.1. The lowest BCUT2D eigenvalue weighted by Crippen LogP contribution is -2.36. The van der Waals surface area contributed by atoms with Gasteiger partial charge in [0.2, 0.25) is 5.91 Å². The van der Waals surface area contributed by atoms with Gasteiger partial charge in [0.05, 0.1) is 25.4 Å². The predicted molar refractivity (Wildman–Crippen MR) is 114 cm³/mol. The normalized spacial score (nSPS) is 10.4. The number of aromatic nitrogens is 3. The summed E-state index contributed by atoms with van der Waals surface area (Å²) < 4.78 is 12.7. The summed E-state index contributed by atoms with van der Waals surface area (Å²) in [6.07, 6.45) is 3.08. The van der Waals surface area contributed by atoms with Crippen LogP contribution in [0.25, 0.3) is 5.69 Å². The average Bonchev–Trinajstić information content (AvgIpc) is 3.33. The minimum atomic E-state index is -0.365. The number of nitrogens with one attached hydrogen (secondary N) is 2. The second-order valence-corrected chi connectivity index (χ2v) is 6.49.